The second-order valence-corrected chi connectivity index (χ2v) is 11.1. The first-order valence-corrected chi connectivity index (χ1v) is 11.9. The number of phenolic OH excluding ortho intramolecular Hbond substituents is 1. The molecule has 1 aliphatic carbocycles. The SMILES string of the molecule is CC[C@@H]1CCC[C@H](N(C)c2cnc(-c3ccc(-c4nnn(C(S)(S)S)n4)cc3O)nn2)[C@@H]1F. The lowest BCUT2D eigenvalue weighted by Gasteiger charge is -2.38. The molecule has 0 radical (unpaired) electrons. The fraction of sp³-hybridized carbons (Fsp3) is 0.500. The molecule has 0 bridgehead atoms. The zero-order valence-electron chi connectivity index (χ0n) is 18.1. The number of halogens is 1. The highest BCUT2D eigenvalue weighted by atomic mass is 32.2. The molecule has 3 atom stereocenters. The van der Waals surface area contributed by atoms with Crippen molar-refractivity contribution in [2.45, 2.75) is 48.4 Å². The number of anilines is 1. The number of nitrogens with zero attached hydrogens (tertiary/aromatic N) is 8. The van der Waals surface area contributed by atoms with Crippen molar-refractivity contribution in [3.63, 3.8) is 0 Å². The first-order chi connectivity index (χ1) is 15.7. The Kier molecular flexibility index (Phi) is 7.01. The largest absolute Gasteiger partial charge is 0.507 e. The minimum Gasteiger partial charge on any atom is -0.507 e. The Labute approximate surface area is 207 Å². The van der Waals surface area contributed by atoms with E-state index in [1.165, 1.54) is 6.07 Å². The van der Waals surface area contributed by atoms with Crippen molar-refractivity contribution in [1.29, 1.82) is 0 Å². The Bertz CT molecular complexity index is 1110. The van der Waals surface area contributed by atoms with Gasteiger partial charge in [-0.25, -0.2) is 9.37 Å². The zero-order chi connectivity index (χ0) is 23.8. The monoisotopic (exact) mass is 508 g/mol. The molecule has 1 fully saturated rings. The van der Waals surface area contributed by atoms with E-state index in [0.717, 1.165) is 30.5 Å². The number of thiol groups is 3. The first-order valence-electron chi connectivity index (χ1n) is 10.6. The van der Waals surface area contributed by atoms with Crippen LogP contribution in [0.15, 0.2) is 24.4 Å². The molecule has 176 valence electrons. The zero-order valence-corrected chi connectivity index (χ0v) is 20.8. The van der Waals surface area contributed by atoms with Gasteiger partial charge in [-0.15, -0.1) is 63.1 Å². The van der Waals surface area contributed by atoms with Crippen LogP contribution >= 0.6 is 37.9 Å². The fourth-order valence-corrected chi connectivity index (χ4v) is 4.35. The van der Waals surface area contributed by atoms with Crippen LogP contribution in [0.5, 0.6) is 5.75 Å². The number of phenols is 1. The second-order valence-electron chi connectivity index (χ2n) is 8.10. The Hall–Kier alpha value is -2.12. The highest BCUT2D eigenvalue weighted by Crippen LogP contribution is 2.35. The predicted molar refractivity (Wildman–Crippen MR) is 133 cm³/mol. The molecular formula is C20H25FN8OS3. The highest BCUT2D eigenvalue weighted by Gasteiger charge is 2.35. The number of tetrazole rings is 1. The van der Waals surface area contributed by atoms with Crippen LogP contribution in [0.4, 0.5) is 10.2 Å². The number of aromatic nitrogens is 7. The van der Waals surface area contributed by atoms with Crippen molar-refractivity contribution in [3.05, 3.63) is 24.4 Å². The van der Waals surface area contributed by atoms with Crippen molar-refractivity contribution in [3.8, 4) is 28.5 Å². The summed E-state index contributed by atoms with van der Waals surface area (Å²) in [4.78, 5) is 7.30. The molecule has 0 aliphatic heterocycles. The Morgan fingerprint density at radius 2 is 1.97 bits per heavy atom. The maximum absolute atomic E-state index is 14.9. The summed E-state index contributed by atoms with van der Waals surface area (Å²) in [5.41, 5.74) is 0.926. The number of alkyl halides is 1. The van der Waals surface area contributed by atoms with Crippen LogP contribution in [0, 0.1) is 5.92 Å². The van der Waals surface area contributed by atoms with Gasteiger partial charge in [-0.1, -0.05) is 25.8 Å². The van der Waals surface area contributed by atoms with Crippen molar-refractivity contribution < 1.29 is 9.50 Å². The summed E-state index contributed by atoms with van der Waals surface area (Å²) in [7, 11) is 1.82. The van der Waals surface area contributed by atoms with Crippen LogP contribution in [0.25, 0.3) is 22.8 Å². The van der Waals surface area contributed by atoms with Gasteiger partial charge < -0.3 is 10.0 Å². The molecule has 0 saturated heterocycles. The summed E-state index contributed by atoms with van der Waals surface area (Å²) in [6.45, 7) is 2.03. The van der Waals surface area contributed by atoms with Gasteiger partial charge in [-0.2, -0.15) is 0 Å². The first kappa shape index (κ1) is 24.0. The van der Waals surface area contributed by atoms with E-state index >= 15 is 0 Å². The summed E-state index contributed by atoms with van der Waals surface area (Å²) < 4.78 is 13.7. The normalized spacial score (nSPS) is 21.2. The summed E-state index contributed by atoms with van der Waals surface area (Å²) in [5, 5.41) is 30.9. The number of benzene rings is 1. The third kappa shape index (κ3) is 5.04. The Morgan fingerprint density at radius 1 is 1.18 bits per heavy atom. The summed E-state index contributed by atoms with van der Waals surface area (Å²) in [5.74, 6) is 1.02. The molecular weight excluding hydrogens is 483 g/mol. The van der Waals surface area contributed by atoms with E-state index in [2.05, 4.69) is 68.5 Å². The van der Waals surface area contributed by atoms with Gasteiger partial charge in [0.05, 0.1) is 17.8 Å². The molecule has 0 spiro atoms. The number of aromatic hydroxyl groups is 1. The molecule has 13 heteroatoms. The van der Waals surface area contributed by atoms with E-state index in [1.54, 1.807) is 18.3 Å². The van der Waals surface area contributed by atoms with Gasteiger partial charge in [0.15, 0.2) is 11.6 Å². The van der Waals surface area contributed by atoms with Crippen LogP contribution in [0.1, 0.15) is 32.6 Å². The fourth-order valence-electron chi connectivity index (χ4n) is 4.10. The van der Waals surface area contributed by atoms with Gasteiger partial charge in [0.25, 0.3) is 0 Å². The van der Waals surface area contributed by atoms with Crippen LogP contribution in [-0.2, 0) is 3.54 Å². The van der Waals surface area contributed by atoms with Crippen molar-refractivity contribution in [1.82, 2.24) is 35.4 Å². The van der Waals surface area contributed by atoms with Gasteiger partial charge >= 0.3 is 0 Å². The van der Waals surface area contributed by atoms with E-state index in [1.807, 2.05) is 18.9 Å². The van der Waals surface area contributed by atoms with Crippen molar-refractivity contribution >= 4 is 43.7 Å². The Morgan fingerprint density at radius 3 is 2.58 bits per heavy atom. The summed E-state index contributed by atoms with van der Waals surface area (Å²) >= 11 is 12.5. The van der Waals surface area contributed by atoms with E-state index < -0.39 is 9.71 Å². The molecule has 1 N–H and O–H groups in total. The number of rotatable bonds is 6. The summed E-state index contributed by atoms with van der Waals surface area (Å²) in [6, 6.07) is 4.59. The number of hydrogen-bond donors (Lipinski definition) is 4. The van der Waals surface area contributed by atoms with Gasteiger partial charge in [-0.3, -0.25) is 0 Å². The van der Waals surface area contributed by atoms with Gasteiger partial charge in [-0.05, 0) is 36.1 Å². The average molecular weight is 509 g/mol. The molecule has 9 nitrogen and oxygen atoms in total. The van der Waals surface area contributed by atoms with Crippen LogP contribution in [0.3, 0.4) is 0 Å². The number of hydrogen-bond acceptors (Lipinski definition) is 11. The molecule has 3 aromatic rings. The lowest BCUT2D eigenvalue weighted by molar-refractivity contribution is 0.134. The molecule has 2 heterocycles. The third-order valence-electron chi connectivity index (χ3n) is 6.00. The lowest BCUT2D eigenvalue weighted by Crippen LogP contribution is -2.45. The quantitative estimate of drug-likeness (QED) is 0.296. The molecule has 1 aromatic carbocycles. The lowest BCUT2D eigenvalue weighted by atomic mass is 9.82. The molecule has 1 saturated carbocycles. The van der Waals surface area contributed by atoms with Crippen molar-refractivity contribution in [2.75, 3.05) is 11.9 Å². The van der Waals surface area contributed by atoms with E-state index in [4.69, 9.17) is 0 Å². The predicted octanol–water partition coefficient (Wildman–Crippen LogP) is 3.61. The van der Waals surface area contributed by atoms with E-state index in [-0.39, 0.29) is 29.4 Å². The molecule has 4 rings (SSSR count). The molecule has 2 aromatic heterocycles. The maximum Gasteiger partial charge on any atom is 0.213 e. The molecule has 0 amide bonds. The van der Waals surface area contributed by atoms with E-state index in [0.29, 0.717) is 16.9 Å². The third-order valence-corrected chi connectivity index (χ3v) is 6.54. The van der Waals surface area contributed by atoms with Gasteiger partial charge in [0.1, 0.15) is 11.9 Å². The summed E-state index contributed by atoms with van der Waals surface area (Å²) in [6.07, 6.45) is 4.16. The van der Waals surface area contributed by atoms with Crippen LogP contribution < -0.4 is 4.90 Å². The Balaban J connectivity index is 1.52. The molecule has 33 heavy (non-hydrogen) atoms. The standard InChI is InChI=1S/C20H25FN8OS3/c1-3-11-5-4-6-14(17(11)21)28(2)16-10-22-19(24-23-16)13-8-7-12(9-15(13)30)18-25-27-29(26-18)20(31,32)33/h7-11,14,17,30-33H,3-6H2,1-2H3/t11-,14+,17-/m1/s1. The highest BCUT2D eigenvalue weighted by molar-refractivity contribution is 8.15. The maximum atomic E-state index is 14.9. The van der Waals surface area contributed by atoms with Crippen LogP contribution in [0.2, 0.25) is 0 Å². The topological polar surface area (TPSA) is 106 Å². The minimum absolute atomic E-state index is 0.0671. The molecule has 0 unspecified atom stereocenters. The second kappa shape index (κ2) is 9.63. The van der Waals surface area contributed by atoms with Crippen LogP contribution in [-0.4, -0.2) is 59.8 Å². The smallest absolute Gasteiger partial charge is 0.213 e. The van der Waals surface area contributed by atoms with Gasteiger partial charge in [0.2, 0.25) is 9.36 Å². The van der Waals surface area contributed by atoms with E-state index in [9.17, 15) is 9.50 Å². The average Bonchev–Trinajstić information content (AvgIpc) is 3.30. The van der Waals surface area contributed by atoms with Gasteiger partial charge in [0, 0.05) is 12.6 Å². The minimum atomic E-state index is -1.21. The van der Waals surface area contributed by atoms with Crippen molar-refractivity contribution in [2.24, 2.45) is 5.92 Å². The molecule has 1 aliphatic rings.